The van der Waals surface area contributed by atoms with Crippen LogP contribution in [-0.2, 0) is 6.42 Å². The van der Waals surface area contributed by atoms with Crippen LogP contribution in [0.2, 0.25) is 0 Å². The first-order chi connectivity index (χ1) is 10.1. The van der Waals surface area contributed by atoms with E-state index in [0.717, 1.165) is 12.3 Å². The SMILES string of the molecule is CCCN1CCC(C(C)NC(C)Cc2ccc(C)s2)CC1. The highest BCUT2D eigenvalue weighted by Crippen LogP contribution is 2.22. The summed E-state index contributed by atoms with van der Waals surface area (Å²) in [6.07, 6.45) is 5.17. The van der Waals surface area contributed by atoms with Gasteiger partial charge in [-0.2, -0.15) is 0 Å². The second-order valence-corrected chi connectivity index (χ2v) is 8.12. The van der Waals surface area contributed by atoms with Crippen LogP contribution in [0.25, 0.3) is 0 Å². The third-order valence-corrected chi connectivity index (χ3v) is 5.75. The summed E-state index contributed by atoms with van der Waals surface area (Å²) in [5, 5.41) is 3.84. The van der Waals surface area contributed by atoms with Crippen molar-refractivity contribution in [2.45, 2.75) is 65.5 Å². The Morgan fingerprint density at radius 2 is 2.00 bits per heavy atom. The summed E-state index contributed by atoms with van der Waals surface area (Å²) in [5.41, 5.74) is 0. The minimum atomic E-state index is 0.576. The molecule has 0 bridgehead atoms. The Morgan fingerprint density at radius 1 is 1.29 bits per heavy atom. The van der Waals surface area contributed by atoms with Gasteiger partial charge in [0.15, 0.2) is 0 Å². The average Bonchev–Trinajstić information content (AvgIpc) is 2.85. The number of nitrogens with one attached hydrogen (secondary N) is 1. The Bertz CT molecular complexity index is 407. The first-order valence-corrected chi connectivity index (χ1v) is 9.43. The van der Waals surface area contributed by atoms with E-state index in [0.29, 0.717) is 12.1 Å². The minimum Gasteiger partial charge on any atom is -0.311 e. The number of thiophene rings is 1. The van der Waals surface area contributed by atoms with Crippen molar-refractivity contribution < 1.29 is 0 Å². The third-order valence-electron chi connectivity index (χ3n) is 4.73. The first-order valence-electron chi connectivity index (χ1n) is 8.62. The maximum atomic E-state index is 3.84. The Kier molecular flexibility index (Phi) is 6.72. The van der Waals surface area contributed by atoms with Gasteiger partial charge in [-0.15, -0.1) is 11.3 Å². The lowest BCUT2D eigenvalue weighted by molar-refractivity contribution is 0.159. The zero-order chi connectivity index (χ0) is 15.2. The molecule has 3 heteroatoms. The quantitative estimate of drug-likeness (QED) is 0.816. The predicted octanol–water partition coefficient (Wildman–Crippen LogP) is 4.09. The fourth-order valence-electron chi connectivity index (χ4n) is 3.53. The Labute approximate surface area is 134 Å². The van der Waals surface area contributed by atoms with Crippen LogP contribution in [0.4, 0.5) is 0 Å². The zero-order valence-electron chi connectivity index (χ0n) is 14.2. The second kappa shape index (κ2) is 8.30. The van der Waals surface area contributed by atoms with Crippen LogP contribution in [0.15, 0.2) is 12.1 Å². The van der Waals surface area contributed by atoms with Gasteiger partial charge in [0.1, 0.15) is 0 Å². The summed E-state index contributed by atoms with van der Waals surface area (Å²) in [6, 6.07) is 5.74. The third kappa shape index (κ3) is 5.39. The van der Waals surface area contributed by atoms with E-state index >= 15 is 0 Å². The zero-order valence-corrected chi connectivity index (χ0v) is 15.0. The number of piperidine rings is 1. The van der Waals surface area contributed by atoms with Gasteiger partial charge in [-0.1, -0.05) is 6.92 Å². The van der Waals surface area contributed by atoms with Crippen LogP contribution in [0.3, 0.4) is 0 Å². The van der Waals surface area contributed by atoms with Gasteiger partial charge in [-0.25, -0.2) is 0 Å². The number of rotatable bonds is 7. The van der Waals surface area contributed by atoms with Gasteiger partial charge in [0.05, 0.1) is 0 Å². The summed E-state index contributed by atoms with van der Waals surface area (Å²) in [4.78, 5) is 5.56. The fourth-order valence-corrected chi connectivity index (χ4v) is 4.55. The molecule has 0 aromatic carbocycles. The van der Waals surface area contributed by atoms with Crippen LogP contribution in [0, 0.1) is 12.8 Å². The molecule has 1 N–H and O–H groups in total. The molecule has 120 valence electrons. The summed E-state index contributed by atoms with van der Waals surface area (Å²) < 4.78 is 0. The molecule has 0 amide bonds. The highest BCUT2D eigenvalue weighted by Gasteiger charge is 2.24. The molecule has 1 saturated heterocycles. The molecule has 1 aliphatic rings. The van der Waals surface area contributed by atoms with E-state index in [-0.39, 0.29) is 0 Å². The van der Waals surface area contributed by atoms with Crippen molar-refractivity contribution in [1.82, 2.24) is 10.2 Å². The van der Waals surface area contributed by atoms with Gasteiger partial charge in [-0.05, 0) is 84.1 Å². The number of hydrogen-bond donors (Lipinski definition) is 1. The second-order valence-electron chi connectivity index (χ2n) is 6.75. The molecular weight excluding hydrogens is 276 g/mol. The van der Waals surface area contributed by atoms with Crippen LogP contribution in [0.1, 0.15) is 49.8 Å². The summed E-state index contributed by atoms with van der Waals surface area (Å²) in [5.74, 6) is 0.852. The molecule has 2 unspecified atom stereocenters. The van der Waals surface area contributed by atoms with Gasteiger partial charge >= 0.3 is 0 Å². The van der Waals surface area contributed by atoms with Crippen molar-refractivity contribution in [1.29, 1.82) is 0 Å². The normalized spacial score (nSPS) is 20.6. The van der Waals surface area contributed by atoms with Gasteiger partial charge in [-0.3, -0.25) is 0 Å². The fraction of sp³-hybridized carbons (Fsp3) is 0.778. The van der Waals surface area contributed by atoms with Gasteiger partial charge < -0.3 is 10.2 Å². The van der Waals surface area contributed by atoms with Crippen molar-refractivity contribution in [2.24, 2.45) is 5.92 Å². The van der Waals surface area contributed by atoms with E-state index in [4.69, 9.17) is 0 Å². The Balaban J connectivity index is 1.72. The van der Waals surface area contributed by atoms with E-state index in [2.05, 4.69) is 50.0 Å². The van der Waals surface area contributed by atoms with Gasteiger partial charge in [0.2, 0.25) is 0 Å². The summed E-state index contributed by atoms with van der Waals surface area (Å²) >= 11 is 1.94. The van der Waals surface area contributed by atoms with Crippen LogP contribution >= 0.6 is 11.3 Å². The number of aryl methyl sites for hydroxylation is 1. The molecule has 21 heavy (non-hydrogen) atoms. The Hall–Kier alpha value is -0.380. The summed E-state index contributed by atoms with van der Waals surface area (Å²) in [6.45, 7) is 13.1. The smallest absolute Gasteiger partial charge is 0.00896 e. The van der Waals surface area contributed by atoms with E-state index in [9.17, 15) is 0 Å². The molecule has 2 atom stereocenters. The van der Waals surface area contributed by atoms with Crippen LogP contribution in [0.5, 0.6) is 0 Å². The van der Waals surface area contributed by atoms with Crippen molar-refractivity contribution in [3.63, 3.8) is 0 Å². The highest BCUT2D eigenvalue weighted by molar-refractivity contribution is 7.11. The van der Waals surface area contributed by atoms with Crippen molar-refractivity contribution in [2.75, 3.05) is 19.6 Å². The lowest BCUT2D eigenvalue weighted by Gasteiger charge is -2.36. The number of likely N-dealkylation sites (tertiary alicyclic amines) is 1. The number of nitrogens with zero attached hydrogens (tertiary/aromatic N) is 1. The monoisotopic (exact) mass is 308 g/mol. The first kappa shape index (κ1) is 17.0. The molecule has 1 aromatic heterocycles. The summed E-state index contributed by atoms with van der Waals surface area (Å²) in [7, 11) is 0. The minimum absolute atomic E-state index is 0.576. The van der Waals surface area contributed by atoms with E-state index in [1.807, 2.05) is 11.3 Å². The van der Waals surface area contributed by atoms with Crippen LogP contribution in [-0.4, -0.2) is 36.6 Å². The van der Waals surface area contributed by atoms with E-state index < -0.39 is 0 Å². The topological polar surface area (TPSA) is 15.3 Å². The maximum absolute atomic E-state index is 3.84. The highest BCUT2D eigenvalue weighted by atomic mass is 32.1. The average molecular weight is 309 g/mol. The van der Waals surface area contributed by atoms with E-state index in [1.165, 1.54) is 48.7 Å². The molecule has 0 spiro atoms. The number of hydrogen-bond acceptors (Lipinski definition) is 3. The van der Waals surface area contributed by atoms with Crippen molar-refractivity contribution >= 4 is 11.3 Å². The predicted molar refractivity (Wildman–Crippen MR) is 94.3 cm³/mol. The molecule has 0 radical (unpaired) electrons. The van der Waals surface area contributed by atoms with Crippen molar-refractivity contribution in [3.8, 4) is 0 Å². The molecule has 1 aromatic rings. The molecular formula is C18H32N2S. The molecule has 0 saturated carbocycles. The standard InChI is InChI=1S/C18H32N2S/c1-5-10-20-11-8-17(9-12-20)16(4)19-14(2)13-18-7-6-15(3)21-18/h6-7,14,16-17,19H,5,8-13H2,1-4H3. The van der Waals surface area contributed by atoms with E-state index in [1.54, 1.807) is 0 Å². The van der Waals surface area contributed by atoms with Crippen LogP contribution < -0.4 is 5.32 Å². The lowest BCUT2D eigenvalue weighted by atomic mass is 9.89. The maximum Gasteiger partial charge on any atom is 0.00896 e. The molecule has 2 heterocycles. The van der Waals surface area contributed by atoms with Crippen molar-refractivity contribution in [3.05, 3.63) is 21.9 Å². The van der Waals surface area contributed by atoms with Gasteiger partial charge in [0.25, 0.3) is 0 Å². The molecule has 2 rings (SSSR count). The van der Waals surface area contributed by atoms with Gasteiger partial charge in [0, 0.05) is 21.8 Å². The lowest BCUT2D eigenvalue weighted by Crippen LogP contribution is -2.45. The molecule has 1 aliphatic heterocycles. The molecule has 2 nitrogen and oxygen atoms in total. The largest absolute Gasteiger partial charge is 0.311 e. The molecule has 1 fully saturated rings. The Morgan fingerprint density at radius 3 is 2.57 bits per heavy atom. The molecule has 0 aliphatic carbocycles.